The van der Waals surface area contributed by atoms with E-state index in [2.05, 4.69) is 10.6 Å². The topological polar surface area (TPSA) is 114 Å². The highest BCUT2D eigenvalue weighted by Crippen LogP contribution is 2.36. The van der Waals surface area contributed by atoms with Crippen molar-refractivity contribution in [1.29, 1.82) is 0 Å². The zero-order valence-corrected chi connectivity index (χ0v) is 15.5. The van der Waals surface area contributed by atoms with E-state index in [-0.39, 0.29) is 18.3 Å². The number of hydrogen-bond acceptors (Lipinski definition) is 5. The van der Waals surface area contributed by atoms with E-state index in [1.807, 2.05) is 0 Å². The molecule has 8 nitrogen and oxygen atoms in total. The molecule has 2 aliphatic rings. The number of anilines is 2. The van der Waals surface area contributed by atoms with E-state index in [1.165, 1.54) is 14.0 Å². The molecule has 26 heavy (non-hydrogen) atoms. The number of methoxy groups -OCH3 is 1. The molecule has 1 heterocycles. The third-order valence-electron chi connectivity index (χ3n) is 4.91. The molecule has 2 fully saturated rings. The Bertz CT molecular complexity index is 733. The molecule has 1 aliphatic carbocycles. The normalized spacial score (nSPS) is 19.1. The number of urea groups is 1. The van der Waals surface area contributed by atoms with Gasteiger partial charge in [-0.1, -0.05) is 12.8 Å². The standard InChI is InChI=1S/C17H22N4O4.ClH/c1-10(14(22)19-11-5-6-13(25-2)12(18)9-11)21-15(23)17(20-16(21)24)7-3-4-8-17;/h5-6,9-10H,3-4,7-8,18H2,1-2H3,(H,19,22)(H,20,24);1H. The fourth-order valence-electron chi connectivity index (χ4n) is 3.49. The second-order valence-corrected chi connectivity index (χ2v) is 6.52. The molecule has 1 spiro atoms. The molecule has 0 bridgehead atoms. The quantitative estimate of drug-likeness (QED) is 0.543. The summed E-state index contributed by atoms with van der Waals surface area (Å²) in [5, 5.41) is 5.46. The van der Waals surface area contributed by atoms with Gasteiger partial charge in [-0.2, -0.15) is 0 Å². The smallest absolute Gasteiger partial charge is 0.325 e. The van der Waals surface area contributed by atoms with Crippen molar-refractivity contribution in [2.75, 3.05) is 18.2 Å². The number of nitrogens with one attached hydrogen (secondary N) is 2. The minimum atomic E-state index is -0.921. The summed E-state index contributed by atoms with van der Waals surface area (Å²) >= 11 is 0. The van der Waals surface area contributed by atoms with Crippen molar-refractivity contribution in [3.05, 3.63) is 18.2 Å². The molecule has 142 valence electrons. The highest BCUT2D eigenvalue weighted by atomic mass is 35.5. The van der Waals surface area contributed by atoms with Gasteiger partial charge in [-0.15, -0.1) is 12.4 Å². The molecule has 1 saturated heterocycles. The van der Waals surface area contributed by atoms with Crippen molar-refractivity contribution in [2.24, 2.45) is 0 Å². The first-order chi connectivity index (χ1) is 11.9. The van der Waals surface area contributed by atoms with Gasteiger partial charge in [-0.3, -0.25) is 9.59 Å². The fourth-order valence-corrected chi connectivity index (χ4v) is 3.49. The van der Waals surface area contributed by atoms with E-state index < -0.39 is 23.5 Å². The average Bonchev–Trinajstić information content (AvgIpc) is 3.13. The van der Waals surface area contributed by atoms with Gasteiger partial charge in [0.1, 0.15) is 17.3 Å². The molecule has 4 amide bonds. The first-order valence-electron chi connectivity index (χ1n) is 8.28. The van der Waals surface area contributed by atoms with Gasteiger partial charge >= 0.3 is 6.03 Å². The molecular weight excluding hydrogens is 360 g/mol. The number of amides is 4. The number of nitrogen functional groups attached to an aromatic ring is 1. The lowest BCUT2D eigenvalue weighted by molar-refractivity contribution is -0.136. The Kier molecular flexibility index (Phi) is 5.65. The number of halogens is 1. The summed E-state index contributed by atoms with van der Waals surface area (Å²) in [6.07, 6.45) is 3.03. The van der Waals surface area contributed by atoms with E-state index in [0.29, 0.717) is 30.0 Å². The van der Waals surface area contributed by atoms with E-state index in [0.717, 1.165) is 17.7 Å². The summed E-state index contributed by atoms with van der Waals surface area (Å²) in [5.41, 5.74) is 5.85. The van der Waals surface area contributed by atoms with Crippen LogP contribution in [0.1, 0.15) is 32.6 Å². The lowest BCUT2D eigenvalue weighted by Gasteiger charge is -2.23. The monoisotopic (exact) mass is 382 g/mol. The number of carbonyl (C=O) groups excluding carboxylic acids is 3. The Morgan fingerprint density at radius 1 is 1.35 bits per heavy atom. The molecule has 0 aromatic heterocycles. The van der Waals surface area contributed by atoms with Gasteiger partial charge in [-0.05, 0) is 38.0 Å². The third-order valence-corrected chi connectivity index (χ3v) is 4.91. The van der Waals surface area contributed by atoms with Crippen LogP contribution in [-0.2, 0) is 9.59 Å². The summed E-state index contributed by atoms with van der Waals surface area (Å²) < 4.78 is 5.07. The molecular formula is C17H23ClN4O4. The Labute approximate surface area is 157 Å². The number of rotatable bonds is 4. The average molecular weight is 383 g/mol. The maximum absolute atomic E-state index is 12.7. The van der Waals surface area contributed by atoms with Crippen LogP contribution in [0, 0.1) is 0 Å². The number of carbonyl (C=O) groups is 3. The van der Waals surface area contributed by atoms with E-state index in [4.69, 9.17) is 10.5 Å². The van der Waals surface area contributed by atoms with Gasteiger partial charge < -0.3 is 21.1 Å². The lowest BCUT2D eigenvalue weighted by Crippen LogP contribution is -2.48. The zero-order chi connectivity index (χ0) is 18.2. The number of hydrogen-bond donors (Lipinski definition) is 3. The minimum Gasteiger partial charge on any atom is -0.495 e. The Balaban J connectivity index is 0.00000243. The van der Waals surface area contributed by atoms with Crippen molar-refractivity contribution in [1.82, 2.24) is 10.2 Å². The Hall–Kier alpha value is -2.48. The predicted octanol–water partition coefficient (Wildman–Crippen LogP) is 1.89. The van der Waals surface area contributed by atoms with Crippen molar-refractivity contribution in [3.8, 4) is 5.75 Å². The van der Waals surface area contributed by atoms with Crippen LogP contribution < -0.4 is 21.1 Å². The van der Waals surface area contributed by atoms with Gasteiger partial charge in [0.25, 0.3) is 5.91 Å². The van der Waals surface area contributed by atoms with Gasteiger partial charge in [0.15, 0.2) is 0 Å². The molecule has 1 aromatic carbocycles. The van der Waals surface area contributed by atoms with Crippen LogP contribution in [0.5, 0.6) is 5.75 Å². The Morgan fingerprint density at radius 3 is 2.58 bits per heavy atom. The highest BCUT2D eigenvalue weighted by molar-refractivity contribution is 6.11. The van der Waals surface area contributed by atoms with E-state index in [1.54, 1.807) is 18.2 Å². The van der Waals surface area contributed by atoms with Crippen molar-refractivity contribution >= 4 is 41.6 Å². The molecule has 1 saturated carbocycles. The van der Waals surface area contributed by atoms with Gasteiger partial charge in [0, 0.05) is 5.69 Å². The number of nitrogens with two attached hydrogens (primary N) is 1. The highest BCUT2D eigenvalue weighted by Gasteiger charge is 2.54. The molecule has 1 aliphatic heterocycles. The molecule has 1 unspecified atom stereocenters. The van der Waals surface area contributed by atoms with Crippen LogP contribution in [0.2, 0.25) is 0 Å². The number of nitrogens with zero attached hydrogens (tertiary/aromatic N) is 1. The molecule has 4 N–H and O–H groups in total. The molecule has 0 radical (unpaired) electrons. The summed E-state index contributed by atoms with van der Waals surface area (Å²) in [4.78, 5) is 38.5. The number of ether oxygens (including phenoxy) is 1. The maximum atomic E-state index is 12.7. The summed E-state index contributed by atoms with van der Waals surface area (Å²) in [7, 11) is 1.50. The maximum Gasteiger partial charge on any atom is 0.325 e. The molecule has 3 rings (SSSR count). The summed E-state index contributed by atoms with van der Waals surface area (Å²) in [5.74, 6) is -0.265. The van der Waals surface area contributed by atoms with Gasteiger partial charge in [0.05, 0.1) is 12.8 Å². The van der Waals surface area contributed by atoms with Crippen LogP contribution in [-0.4, -0.2) is 41.4 Å². The molecule has 1 aromatic rings. The second-order valence-electron chi connectivity index (χ2n) is 6.52. The molecule has 1 atom stereocenters. The van der Waals surface area contributed by atoms with Gasteiger partial charge in [0.2, 0.25) is 5.91 Å². The Morgan fingerprint density at radius 2 is 2.00 bits per heavy atom. The number of benzene rings is 1. The second kappa shape index (κ2) is 7.41. The van der Waals surface area contributed by atoms with Crippen molar-refractivity contribution in [3.63, 3.8) is 0 Å². The van der Waals surface area contributed by atoms with Crippen molar-refractivity contribution < 1.29 is 19.1 Å². The largest absolute Gasteiger partial charge is 0.495 e. The van der Waals surface area contributed by atoms with Crippen LogP contribution in [0.3, 0.4) is 0 Å². The predicted molar refractivity (Wildman–Crippen MR) is 99.3 cm³/mol. The fraction of sp³-hybridized carbons (Fsp3) is 0.471. The summed E-state index contributed by atoms with van der Waals surface area (Å²) in [6.45, 7) is 1.54. The summed E-state index contributed by atoms with van der Waals surface area (Å²) in [6, 6.07) is 3.41. The minimum absolute atomic E-state index is 0. The first kappa shape index (κ1) is 19.8. The van der Waals surface area contributed by atoms with Crippen LogP contribution in [0.4, 0.5) is 16.2 Å². The first-order valence-corrected chi connectivity index (χ1v) is 8.28. The van der Waals surface area contributed by atoms with Crippen LogP contribution in [0.25, 0.3) is 0 Å². The molecule has 9 heteroatoms. The van der Waals surface area contributed by atoms with Crippen LogP contribution >= 0.6 is 12.4 Å². The van der Waals surface area contributed by atoms with Crippen molar-refractivity contribution in [2.45, 2.75) is 44.2 Å². The zero-order valence-electron chi connectivity index (χ0n) is 14.7. The number of imide groups is 1. The van der Waals surface area contributed by atoms with E-state index in [9.17, 15) is 14.4 Å². The SMILES string of the molecule is COc1ccc(NC(=O)C(C)N2C(=O)NC3(CCCC3)C2=O)cc1N.Cl. The van der Waals surface area contributed by atoms with E-state index >= 15 is 0 Å². The van der Waals surface area contributed by atoms with Gasteiger partial charge in [-0.25, -0.2) is 9.69 Å². The lowest BCUT2D eigenvalue weighted by atomic mass is 9.97. The van der Waals surface area contributed by atoms with Crippen LogP contribution in [0.15, 0.2) is 18.2 Å². The third kappa shape index (κ3) is 3.29.